The van der Waals surface area contributed by atoms with Crippen LogP contribution in [0.5, 0.6) is 0 Å². The average molecular weight is 251 g/mol. The van der Waals surface area contributed by atoms with Crippen molar-refractivity contribution >= 4 is 16.3 Å². The molecule has 0 radical (unpaired) electrons. The zero-order chi connectivity index (χ0) is 11.8. The highest BCUT2D eigenvalue weighted by Gasteiger charge is 2.35. The molecule has 2 rings (SSSR count). The largest absolute Gasteiger partial charge is 0.443 e. The van der Waals surface area contributed by atoms with Crippen molar-refractivity contribution in [2.75, 3.05) is 24.5 Å². The smallest absolute Gasteiger partial charge is 0.359 e. The maximum Gasteiger partial charge on any atom is 0.443 e. The molecule has 1 atom stereocenters. The van der Waals surface area contributed by atoms with Gasteiger partial charge in [0.2, 0.25) is 0 Å². The first-order valence-corrected chi connectivity index (χ1v) is 5.80. The molecule has 1 aliphatic heterocycles. The number of alkyl halides is 3. The number of hydrogen-bond acceptors (Lipinski definition) is 4. The molecule has 0 bridgehead atoms. The molecular weight excluding hydrogens is 239 g/mol. The molecule has 90 valence electrons. The second-order valence-electron chi connectivity index (χ2n) is 3.80. The van der Waals surface area contributed by atoms with Crippen molar-refractivity contribution < 1.29 is 13.2 Å². The molecule has 1 aromatic rings. The molecule has 3 nitrogen and oxygen atoms in total. The van der Waals surface area contributed by atoms with Crippen LogP contribution in [0.25, 0.3) is 0 Å². The van der Waals surface area contributed by atoms with Crippen LogP contribution in [0.15, 0.2) is 6.20 Å². The van der Waals surface area contributed by atoms with Gasteiger partial charge in [0.05, 0.1) is 6.20 Å². The van der Waals surface area contributed by atoms with E-state index in [1.165, 1.54) is 6.20 Å². The zero-order valence-electron chi connectivity index (χ0n) is 8.71. The van der Waals surface area contributed by atoms with Gasteiger partial charge in [-0.05, 0) is 6.92 Å². The van der Waals surface area contributed by atoms with Gasteiger partial charge >= 0.3 is 6.18 Å². The molecule has 1 N–H and O–H groups in total. The number of halogens is 3. The van der Waals surface area contributed by atoms with Gasteiger partial charge in [0.1, 0.15) is 5.00 Å². The second-order valence-corrected chi connectivity index (χ2v) is 4.81. The van der Waals surface area contributed by atoms with E-state index in [1.54, 1.807) is 0 Å². The number of hydrogen-bond donors (Lipinski definition) is 1. The second kappa shape index (κ2) is 4.21. The highest BCUT2D eigenvalue weighted by molar-refractivity contribution is 7.15. The molecule has 0 aromatic carbocycles. The third-order valence-corrected chi connectivity index (χ3v) is 3.52. The number of nitrogens with one attached hydrogen (secondary N) is 1. The average Bonchev–Trinajstić information content (AvgIpc) is 2.65. The summed E-state index contributed by atoms with van der Waals surface area (Å²) in [6.07, 6.45) is -3.02. The lowest BCUT2D eigenvalue weighted by atomic mass is 10.2. The van der Waals surface area contributed by atoms with Gasteiger partial charge in [-0.15, -0.1) is 0 Å². The minimum absolute atomic E-state index is 0.296. The van der Waals surface area contributed by atoms with E-state index in [0.29, 0.717) is 22.4 Å². The predicted octanol–water partition coefficient (Wildman–Crippen LogP) is 1.96. The lowest BCUT2D eigenvalue weighted by Gasteiger charge is -2.32. The third kappa shape index (κ3) is 2.46. The summed E-state index contributed by atoms with van der Waals surface area (Å²) in [5.74, 6) is 0. The summed E-state index contributed by atoms with van der Waals surface area (Å²) in [5, 5.41) is 3.07. The van der Waals surface area contributed by atoms with Crippen molar-refractivity contribution in [3.8, 4) is 0 Å². The van der Waals surface area contributed by atoms with Gasteiger partial charge in [-0.3, -0.25) is 0 Å². The summed E-state index contributed by atoms with van der Waals surface area (Å²) in [4.78, 5) is 5.36. The maximum absolute atomic E-state index is 12.4. The summed E-state index contributed by atoms with van der Waals surface area (Å²) in [6, 6.07) is 0.296. The molecule has 0 spiro atoms. The van der Waals surface area contributed by atoms with Crippen LogP contribution in [0.3, 0.4) is 0 Å². The van der Waals surface area contributed by atoms with Gasteiger partial charge in [-0.25, -0.2) is 4.98 Å². The maximum atomic E-state index is 12.4. The van der Waals surface area contributed by atoms with Gasteiger partial charge in [-0.2, -0.15) is 13.2 Å². The summed E-state index contributed by atoms with van der Waals surface area (Å²) in [6.45, 7) is 4.25. The minimum Gasteiger partial charge on any atom is -0.359 e. The van der Waals surface area contributed by atoms with Crippen molar-refractivity contribution in [1.29, 1.82) is 0 Å². The van der Waals surface area contributed by atoms with E-state index < -0.39 is 11.2 Å². The van der Waals surface area contributed by atoms with Gasteiger partial charge in [0.25, 0.3) is 0 Å². The summed E-state index contributed by atoms with van der Waals surface area (Å²) in [5.41, 5.74) is 0. The molecule has 0 amide bonds. The first-order valence-electron chi connectivity index (χ1n) is 4.98. The number of anilines is 1. The van der Waals surface area contributed by atoms with Crippen LogP contribution < -0.4 is 10.2 Å². The van der Waals surface area contributed by atoms with Crippen LogP contribution in [-0.4, -0.2) is 30.7 Å². The topological polar surface area (TPSA) is 28.2 Å². The quantitative estimate of drug-likeness (QED) is 0.827. The van der Waals surface area contributed by atoms with Gasteiger partial charge in [-0.1, -0.05) is 11.3 Å². The Bertz CT molecular complexity index is 363. The van der Waals surface area contributed by atoms with Crippen molar-refractivity contribution in [2.24, 2.45) is 0 Å². The molecule has 0 aliphatic carbocycles. The lowest BCUT2D eigenvalue weighted by molar-refractivity contribution is -0.137. The number of nitrogens with zero attached hydrogens (tertiary/aromatic N) is 2. The van der Waals surface area contributed by atoms with Crippen molar-refractivity contribution in [1.82, 2.24) is 10.3 Å². The molecule has 1 aliphatic rings. The zero-order valence-corrected chi connectivity index (χ0v) is 9.53. The highest BCUT2D eigenvalue weighted by Crippen LogP contribution is 2.35. The summed E-state index contributed by atoms with van der Waals surface area (Å²) in [7, 11) is 0. The van der Waals surface area contributed by atoms with Crippen LogP contribution in [0.2, 0.25) is 0 Å². The Balaban J connectivity index is 2.12. The van der Waals surface area contributed by atoms with E-state index in [0.717, 1.165) is 19.6 Å². The number of piperazine rings is 1. The molecule has 0 saturated carbocycles. The lowest BCUT2D eigenvalue weighted by Crippen LogP contribution is -2.49. The highest BCUT2D eigenvalue weighted by atomic mass is 32.1. The Morgan fingerprint density at radius 2 is 2.31 bits per heavy atom. The Morgan fingerprint density at radius 3 is 2.88 bits per heavy atom. The molecule has 2 heterocycles. The Hall–Kier alpha value is -0.820. The Kier molecular flexibility index (Phi) is 3.07. The molecular formula is C9H12F3N3S. The van der Waals surface area contributed by atoms with Gasteiger partial charge < -0.3 is 10.2 Å². The van der Waals surface area contributed by atoms with Crippen LogP contribution >= 0.6 is 11.3 Å². The van der Waals surface area contributed by atoms with E-state index in [4.69, 9.17) is 0 Å². The van der Waals surface area contributed by atoms with E-state index in [1.807, 2.05) is 11.8 Å². The molecule has 1 aromatic heterocycles. The van der Waals surface area contributed by atoms with Crippen LogP contribution in [-0.2, 0) is 6.18 Å². The number of rotatable bonds is 1. The number of thiazole rings is 1. The number of aromatic nitrogens is 1. The van der Waals surface area contributed by atoms with Crippen molar-refractivity contribution in [3.63, 3.8) is 0 Å². The Morgan fingerprint density at radius 1 is 1.56 bits per heavy atom. The molecule has 16 heavy (non-hydrogen) atoms. The standard InChI is InChI=1S/C9H12F3N3S/c1-6-5-15(3-2-13-6)7-4-14-8(16-7)9(10,11)12/h4,6,13H,2-3,5H2,1H3. The minimum atomic E-state index is -4.33. The Labute approximate surface area is 95.3 Å². The van der Waals surface area contributed by atoms with Crippen molar-refractivity contribution in [2.45, 2.75) is 19.1 Å². The van der Waals surface area contributed by atoms with E-state index in [2.05, 4.69) is 10.3 Å². The van der Waals surface area contributed by atoms with Crippen LogP contribution in [0, 0.1) is 0 Å². The third-order valence-electron chi connectivity index (χ3n) is 2.42. The fourth-order valence-corrected chi connectivity index (χ4v) is 2.49. The first kappa shape index (κ1) is 11.7. The van der Waals surface area contributed by atoms with Crippen LogP contribution in [0.4, 0.5) is 18.2 Å². The van der Waals surface area contributed by atoms with E-state index in [9.17, 15) is 13.2 Å². The SMILES string of the molecule is CC1CN(c2cnc(C(F)(F)F)s2)CCN1. The molecule has 1 saturated heterocycles. The molecule has 1 fully saturated rings. The summed E-state index contributed by atoms with van der Waals surface area (Å²) < 4.78 is 37.1. The predicted molar refractivity (Wildman–Crippen MR) is 56.8 cm³/mol. The first-order chi connectivity index (χ1) is 7.47. The van der Waals surface area contributed by atoms with Gasteiger partial charge in [0, 0.05) is 25.7 Å². The molecule has 1 unspecified atom stereocenters. The monoisotopic (exact) mass is 251 g/mol. The molecule has 7 heteroatoms. The fraction of sp³-hybridized carbons (Fsp3) is 0.667. The van der Waals surface area contributed by atoms with E-state index in [-0.39, 0.29) is 0 Å². The van der Waals surface area contributed by atoms with Crippen LogP contribution in [0.1, 0.15) is 11.9 Å². The normalized spacial score (nSPS) is 22.5. The fourth-order valence-electron chi connectivity index (χ4n) is 1.68. The van der Waals surface area contributed by atoms with Crippen molar-refractivity contribution in [3.05, 3.63) is 11.2 Å². The summed E-state index contributed by atoms with van der Waals surface area (Å²) >= 11 is 0.710. The van der Waals surface area contributed by atoms with E-state index >= 15 is 0 Å². The van der Waals surface area contributed by atoms with Gasteiger partial charge in [0.15, 0.2) is 5.01 Å².